The lowest BCUT2D eigenvalue weighted by Crippen LogP contribution is -2.47. The highest BCUT2D eigenvalue weighted by Crippen LogP contribution is 2.37. The Labute approximate surface area is 183 Å². The summed E-state index contributed by atoms with van der Waals surface area (Å²) in [7, 11) is 2.99. The molecule has 2 aromatic rings. The highest BCUT2D eigenvalue weighted by molar-refractivity contribution is 6.33. The lowest BCUT2D eigenvalue weighted by atomic mass is 10.1. The van der Waals surface area contributed by atoms with E-state index < -0.39 is 17.7 Å². The largest absolute Gasteiger partial charge is 0.493 e. The maximum atomic E-state index is 13.7. The van der Waals surface area contributed by atoms with Gasteiger partial charge in [0, 0.05) is 18.7 Å². The molecule has 9 heteroatoms. The molecule has 0 aromatic heterocycles. The van der Waals surface area contributed by atoms with Crippen LogP contribution in [0, 0.1) is 11.6 Å². The third kappa shape index (κ3) is 5.65. The number of nitrogens with zero attached hydrogens (tertiary/aromatic N) is 1. The number of carbonyl (C=O) groups is 1. The van der Waals surface area contributed by atoms with E-state index in [4.69, 9.17) is 30.5 Å². The zero-order valence-corrected chi connectivity index (χ0v) is 17.8. The van der Waals surface area contributed by atoms with Crippen LogP contribution in [0.4, 0.5) is 8.78 Å². The van der Waals surface area contributed by atoms with E-state index in [2.05, 4.69) is 0 Å². The summed E-state index contributed by atoms with van der Waals surface area (Å²) < 4.78 is 48.3. The van der Waals surface area contributed by atoms with Crippen molar-refractivity contribution in [3.8, 4) is 17.2 Å². The van der Waals surface area contributed by atoms with Crippen molar-refractivity contribution in [2.75, 3.05) is 40.5 Å². The molecule has 166 valence electrons. The number of ether oxygens (including phenoxy) is 4. The van der Waals surface area contributed by atoms with E-state index in [1.165, 1.54) is 20.3 Å². The van der Waals surface area contributed by atoms with E-state index in [1.54, 1.807) is 23.1 Å². The van der Waals surface area contributed by atoms with Gasteiger partial charge in [0.2, 0.25) is 5.91 Å². The van der Waals surface area contributed by atoms with Gasteiger partial charge < -0.3 is 23.8 Å². The smallest absolute Gasteiger partial charge is 0.246 e. The number of benzene rings is 2. The molecular formula is C22H22ClF2NO5. The molecule has 1 aliphatic heterocycles. The van der Waals surface area contributed by atoms with Gasteiger partial charge in [0.25, 0.3) is 0 Å². The van der Waals surface area contributed by atoms with E-state index in [0.29, 0.717) is 35.2 Å². The van der Waals surface area contributed by atoms with Crippen molar-refractivity contribution in [3.63, 3.8) is 0 Å². The van der Waals surface area contributed by atoms with Gasteiger partial charge in [-0.25, -0.2) is 8.78 Å². The summed E-state index contributed by atoms with van der Waals surface area (Å²) in [6, 6.07) is 6.39. The molecule has 0 radical (unpaired) electrons. The number of hydrogen-bond acceptors (Lipinski definition) is 5. The fourth-order valence-corrected chi connectivity index (χ4v) is 3.39. The van der Waals surface area contributed by atoms with Gasteiger partial charge in [0.1, 0.15) is 18.5 Å². The standard InChI is InChI=1S/C22H22ClF2NO5/c1-28-18-7-3-14(21(23)22(18)29-2)4-8-20(27)26-9-10-30-16(12-26)13-31-19-11-15(24)5-6-17(19)25/h3-8,11,16H,9-10,12-13H2,1-2H3. The summed E-state index contributed by atoms with van der Waals surface area (Å²) in [5.74, 6) is -0.837. The number of morpholine rings is 1. The van der Waals surface area contributed by atoms with E-state index in [9.17, 15) is 13.6 Å². The Bertz CT molecular complexity index is 969. The molecule has 3 rings (SSSR count). The first-order chi connectivity index (χ1) is 14.9. The monoisotopic (exact) mass is 453 g/mol. The molecule has 1 amide bonds. The molecule has 1 heterocycles. The highest BCUT2D eigenvalue weighted by Gasteiger charge is 2.24. The molecule has 6 nitrogen and oxygen atoms in total. The zero-order valence-electron chi connectivity index (χ0n) is 17.1. The number of methoxy groups -OCH3 is 2. The molecule has 1 fully saturated rings. The van der Waals surface area contributed by atoms with Crippen molar-refractivity contribution < 1.29 is 32.5 Å². The van der Waals surface area contributed by atoms with Gasteiger partial charge in [-0.2, -0.15) is 0 Å². The van der Waals surface area contributed by atoms with Crippen LogP contribution in [0.1, 0.15) is 5.56 Å². The number of halogens is 3. The lowest BCUT2D eigenvalue weighted by Gasteiger charge is -2.32. The minimum Gasteiger partial charge on any atom is -0.493 e. The number of rotatable bonds is 7. The SMILES string of the molecule is COc1ccc(C=CC(=O)N2CCOC(COc3cc(F)ccc3F)C2)c(Cl)c1OC. The van der Waals surface area contributed by atoms with Crippen molar-refractivity contribution in [2.24, 2.45) is 0 Å². The fraction of sp³-hybridized carbons (Fsp3) is 0.318. The van der Waals surface area contributed by atoms with Crippen LogP contribution in [-0.2, 0) is 9.53 Å². The minimum atomic E-state index is -0.667. The van der Waals surface area contributed by atoms with Gasteiger partial charge in [0.05, 0.1) is 32.4 Å². The molecular weight excluding hydrogens is 432 g/mol. The topological polar surface area (TPSA) is 57.2 Å². The fourth-order valence-electron chi connectivity index (χ4n) is 3.09. The van der Waals surface area contributed by atoms with Crippen LogP contribution in [0.25, 0.3) is 6.08 Å². The van der Waals surface area contributed by atoms with Crippen LogP contribution in [0.3, 0.4) is 0 Å². The predicted molar refractivity (Wildman–Crippen MR) is 112 cm³/mol. The van der Waals surface area contributed by atoms with Gasteiger partial charge in [-0.05, 0) is 35.9 Å². The Morgan fingerprint density at radius 3 is 2.77 bits per heavy atom. The minimum absolute atomic E-state index is 0.0185. The maximum absolute atomic E-state index is 13.7. The Morgan fingerprint density at radius 1 is 1.23 bits per heavy atom. The van der Waals surface area contributed by atoms with Gasteiger partial charge in [-0.3, -0.25) is 4.79 Å². The van der Waals surface area contributed by atoms with Gasteiger partial charge in [-0.1, -0.05) is 11.6 Å². The molecule has 0 N–H and O–H groups in total. The molecule has 0 bridgehead atoms. The normalized spacial score (nSPS) is 16.4. The van der Waals surface area contributed by atoms with Crippen molar-refractivity contribution in [1.82, 2.24) is 4.90 Å². The molecule has 31 heavy (non-hydrogen) atoms. The Morgan fingerprint density at radius 2 is 2.03 bits per heavy atom. The van der Waals surface area contributed by atoms with Gasteiger partial charge in [0.15, 0.2) is 23.1 Å². The molecule has 1 unspecified atom stereocenters. The van der Waals surface area contributed by atoms with Crippen LogP contribution in [-0.4, -0.2) is 57.4 Å². The Kier molecular flexibility index (Phi) is 7.70. The number of hydrogen-bond donors (Lipinski definition) is 0. The third-order valence-corrected chi connectivity index (χ3v) is 5.08. The summed E-state index contributed by atoms with van der Waals surface area (Å²) in [6.07, 6.45) is 2.52. The van der Waals surface area contributed by atoms with Crippen LogP contribution in [0.2, 0.25) is 5.02 Å². The molecule has 1 atom stereocenters. The van der Waals surface area contributed by atoms with Crippen LogP contribution < -0.4 is 14.2 Å². The quantitative estimate of drug-likeness (QED) is 0.594. The van der Waals surface area contributed by atoms with Gasteiger partial charge in [-0.15, -0.1) is 0 Å². The second kappa shape index (κ2) is 10.5. The van der Waals surface area contributed by atoms with Crippen LogP contribution >= 0.6 is 11.6 Å². The first-order valence-corrected chi connectivity index (χ1v) is 9.87. The molecule has 1 saturated heterocycles. The number of carbonyl (C=O) groups excluding carboxylic acids is 1. The predicted octanol–water partition coefficient (Wildman–Crippen LogP) is 3.96. The highest BCUT2D eigenvalue weighted by atomic mass is 35.5. The van der Waals surface area contributed by atoms with Crippen molar-refractivity contribution in [1.29, 1.82) is 0 Å². The Hall–Kier alpha value is -2.84. The first-order valence-electron chi connectivity index (χ1n) is 9.49. The van der Waals surface area contributed by atoms with E-state index >= 15 is 0 Å². The second-order valence-electron chi connectivity index (χ2n) is 6.70. The zero-order chi connectivity index (χ0) is 22.4. The van der Waals surface area contributed by atoms with Crippen LogP contribution in [0.15, 0.2) is 36.4 Å². The molecule has 2 aromatic carbocycles. The summed E-state index contributed by atoms with van der Waals surface area (Å²) in [6.45, 7) is 0.930. The molecule has 1 aliphatic rings. The van der Waals surface area contributed by atoms with E-state index in [1.807, 2.05) is 0 Å². The molecule has 0 spiro atoms. The maximum Gasteiger partial charge on any atom is 0.246 e. The average molecular weight is 454 g/mol. The van der Waals surface area contributed by atoms with Crippen molar-refractivity contribution in [3.05, 3.63) is 58.6 Å². The first kappa shape index (κ1) is 22.8. The van der Waals surface area contributed by atoms with Gasteiger partial charge >= 0.3 is 0 Å². The summed E-state index contributed by atoms with van der Waals surface area (Å²) in [5.41, 5.74) is 0.599. The van der Waals surface area contributed by atoms with E-state index in [-0.39, 0.29) is 24.8 Å². The second-order valence-corrected chi connectivity index (χ2v) is 7.08. The Balaban J connectivity index is 1.61. The summed E-state index contributed by atoms with van der Waals surface area (Å²) in [4.78, 5) is 14.2. The summed E-state index contributed by atoms with van der Waals surface area (Å²) in [5, 5.41) is 0.330. The van der Waals surface area contributed by atoms with Crippen LogP contribution in [0.5, 0.6) is 17.2 Å². The third-order valence-electron chi connectivity index (χ3n) is 4.69. The molecule has 0 aliphatic carbocycles. The number of amides is 1. The van der Waals surface area contributed by atoms with Crippen molar-refractivity contribution >= 4 is 23.6 Å². The average Bonchev–Trinajstić information content (AvgIpc) is 2.78. The van der Waals surface area contributed by atoms with Crippen molar-refractivity contribution in [2.45, 2.75) is 6.10 Å². The summed E-state index contributed by atoms with van der Waals surface area (Å²) >= 11 is 6.33. The molecule has 0 saturated carbocycles. The van der Waals surface area contributed by atoms with E-state index in [0.717, 1.165) is 18.2 Å². The lowest BCUT2D eigenvalue weighted by molar-refractivity contribution is -0.134.